The minimum Gasteiger partial charge on any atom is -0.312 e. The summed E-state index contributed by atoms with van der Waals surface area (Å²) in [5.74, 6) is 4.38. The quantitative estimate of drug-likeness (QED) is 0.947. The van der Waals surface area contributed by atoms with Crippen LogP contribution in [0.15, 0.2) is 18.3 Å². The second-order valence-corrected chi connectivity index (χ2v) is 7.28. The van der Waals surface area contributed by atoms with Gasteiger partial charge in [-0.05, 0) is 50.1 Å². The molecule has 2 unspecified atom stereocenters. The highest BCUT2D eigenvalue weighted by Crippen LogP contribution is 2.32. The third-order valence-electron chi connectivity index (χ3n) is 4.62. The van der Waals surface area contributed by atoms with E-state index in [1.54, 1.807) is 0 Å². The number of hydrogen-bond donors (Lipinski definition) is 1. The van der Waals surface area contributed by atoms with E-state index in [1.165, 1.54) is 43.0 Å². The summed E-state index contributed by atoms with van der Waals surface area (Å²) >= 11 is 2.07. The summed E-state index contributed by atoms with van der Waals surface area (Å²) in [5.41, 5.74) is 2.12. The van der Waals surface area contributed by atoms with Gasteiger partial charge in [-0.1, -0.05) is 0 Å². The lowest BCUT2D eigenvalue weighted by Crippen LogP contribution is -2.28. The zero-order chi connectivity index (χ0) is 14.1. The lowest BCUT2D eigenvalue weighted by atomic mass is 10.0. The lowest BCUT2D eigenvalue weighted by Gasteiger charge is -2.23. The van der Waals surface area contributed by atoms with Crippen molar-refractivity contribution < 1.29 is 0 Å². The van der Waals surface area contributed by atoms with E-state index in [0.29, 0.717) is 12.0 Å². The van der Waals surface area contributed by atoms with Crippen LogP contribution in [0.4, 0.5) is 0 Å². The molecule has 0 aliphatic carbocycles. The number of rotatable bonds is 3. The highest BCUT2D eigenvalue weighted by Gasteiger charge is 2.25. The summed E-state index contributed by atoms with van der Waals surface area (Å²) < 4.78 is 2.40. The van der Waals surface area contributed by atoms with Crippen molar-refractivity contribution in [1.82, 2.24) is 19.9 Å². The Balaban J connectivity index is 1.72. The number of pyridine rings is 1. The smallest absolute Gasteiger partial charge is 0.160 e. The number of thioether (sulfide) groups is 1. The molecule has 2 saturated heterocycles. The van der Waals surface area contributed by atoms with Gasteiger partial charge in [-0.2, -0.15) is 11.8 Å². The first kappa shape index (κ1) is 13.6. The number of aromatic nitrogens is 3. The van der Waals surface area contributed by atoms with E-state index in [9.17, 15) is 0 Å². The SMILES string of the molecule is c1cnc2c(c1)nc(C1CCCSC1)n2CC1CCCN1. The van der Waals surface area contributed by atoms with E-state index in [2.05, 4.69) is 32.7 Å². The molecule has 2 aromatic heterocycles. The van der Waals surface area contributed by atoms with Gasteiger partial charge < -0.3 is 9.88 Å². The number of nitrogens with one attached hydrogen (secondary N) is 1. The summed E-state index contributed by atoms with van der Waals surface area (Å²) in [7, 11) is 0. The molecule has 2 fully saturated rings. The van der Waals surface area contributed by atoms with E-state index in [-0.39, 0.29) is 0 Å². The molecule has 4 heterocycles. The van der Waals surface area contributed by atoms with Gasteiger partial charge in [-0.3, -0.25) is 0 Å². The molecule has 112 valence electrons. The average molecular weight is 302 g/mol. The molecule has 0 amide bonds. The molecule has 0 spiro atoms. The van der Waals surface area contributed by atoms with Crippen molar-refractivity contribution in [3.05, 3.63) is 24.2 Å². The third-order valence-corrected chi connectivity index (χ3v) is 5.84. The monoisotopic (exact) mass is 302 g/mol. The number of hydrogen-bond acceptors (Lipinski definition) is 4. The van der Waals surface area contributed by atoms with Crippen LogP contribution in [-0.4, -0.2) is 38.6 Å². The summed E-state index contributed by atoms with van der Waals surface area (Å²) in [6.45, 7) is 2.17. The maximum absolute atomic E-state index is 4.94. The zero-order valence-corrected chi connectivity index (χ0v) is 13.1. The number of imidazole rings is 1. The first-order valence-corrected chi connectivity index (χ1v) is 9.19. The lowest BCUT2D eigenvalue weighted by molar-refractivity contribution is 0.484. The number of fused-ring (bicyclic) bond motifs is 1. The largest absolute Gasteiger partial charge is 0.312 e. The molecule has 0 aromatic carbocycles. The van der Waals surface area contributed by atoms with Gasteiger partial charge in [0.2, 0.25) is 0 Å². The van der Waals surface area contributed by atoms with Gasteiger partial charge in [0.1, 0.15) is 11.3 Å². The standard InChI is InChI=1S/C16H22N4S/c1-5-13(17-7-1)10-20-15(12-4-3-9-21-11-12)19-14-6-2-8-18-16(14)20/h2,6,8,12-13,17H,1,3-5,7,9-11H2. The topological polar surface area (TPSA) is 42.7 Å². The second kappa shape index (κ2) is 5.97. The average Bonchev–Trinajstić information content (AvgIpc) is 3.17. The molecule has 1 N–H and O–H groups in total. The highest BCUT2D eigenvalue weighted by atomic mass is 32.2. The first-order valence-electron chi connectivity index (χ1n) is 8.04. The van der Waals surface area contributed by atoms with Gasteiger partial charge in [-0.15, -0.1) is 0 Å². The van der Waals surface area contributed by atoms with E-state index >= 15 is 0 Å². The van der Waals surface area contributed by atoms with Gasteiger partial charge in [0.05, 0.1) is 0 Å². The van der Waals surface area contributed by atoms with E-state index in [1.807, 2.05) is 12.3 Å². The van der Waals surface area contributed by atoms with Crippen LogP contribution >= 0.6 is 11.8 Å². The van der Waals surface area contributed by atoms with Crippen molar-refractivity contribution in [3.8, 4) is 0 Å². The van der Waals surface area contributed by atoms with Crippen LogP contribution in [-0.2, 0) is 6.54 Å². The van der Waals surface area contributed by atoms with Crippen molar-refractivity contribution >= 4 is 22.9 Å². The van der Waals surface area contributed by atoms with Crippen LogP contribution in [0.1, 0.15) is 37.4 Å². The van der Waals surface area contributed by atoms with Crippen molar-refractivity contribution in [2.24, 2.45) is 0 Å². The van der Waals surface area contributed by atoms with E-state index < -0.39 is 0 Å². The molecule has 0 radical (unpaired) electrons. The molecule has 5 heteroatoms. The Morgan fingerprint density at radius 2 is 2.33 bits per heavy atom. The van der Waals surface area contributed by atoms with Gasteiger partial charge in [0, 0.05) is 30.5 Å². The Hall–Kier alpha value is -1.07. The zero-order valence-electron chi connectivity index (χ0n) is 12.3. The summed E-state index contributed by atoms with van der Waals surface area (Å²) in [4.78, 5) is 9.54. The van der Waals surface area contributed by atoms with Crippen molar-refractivity contribution in [3.63, 3.8) is 0 Å². The second-order valence-electron chi connectivity index (χ2n) is 6.13. The summed E-state index contributed by atoms with van der Waals surface area (Å²) in [6, 6.07) is 4.67. The van der Waals surface area contributed by atoms with E-state index in [4.69, 9.17) is 4.98 Å². The molecule has 2 aliphatic rings. The molecular weight excluding hydrogens is 280 g/mol. The van der Waals surface area contributed by atoms with Crippen LogP contribution < -0.4 is 5.32 Å². The molecule has 0 saturated carbocycles. The van der Waals surface area contributed by atoms with Crippen LogP contribution in [0, 0.1) is 0 Å². The fraction of sp³-hybridized carbons (Fsp3) is 0.625. The van der Waals surface area contributed by atoms with Crippen LogP contribution in [0.2, 0.25) is 0 Å². The molecular formula is C16H22N4S. The maximum atomic E-state index is 4.94. The van der Waals surface area contributed by atoms with Crippen molar-refractivity contribution in [2.75, 3.05) is 18.1 Å². The minimum atomic E-state index is 0.583. The molecule has 2 aliphatic heterocycles. The van der Waals surface area contributed by atoms with Crippen LogP contribution in [0.5, 0.6) is 0 Å². The molecule has 21 heavy (non-hydrogen) atoms. The molecule has 0 bridgehead atoms. The molecule has 4 nitrogen and oxygen atoms in total. The molecule has 2 aromatic rings. The van der Waals surface area contributed by atoms with Gasteiger partial charge >= 0.3 is 0 Å². The summed E-state index contributed by atoms with van der Waals surface area (Å²) in [5, 5.41) is 3.61. The van der Waals surface area contributed by atoms with Crippen LogP contribution in [0.25, 0.3) is 11.2 Å². The molecule has 2 atom stereocenters. The maximum Gasteiger partial charge on any atom is 0.160 e. The Bertz CT molecular complexity index is 612. The van der Waals surface area contributed by atoms with Gasteiger partial charge in [0.15, 0.2) is 5.65 Å². The first-order chi connectivity index (χ1) is 10.4. The van der Waals surface area contributed by atoms with Crippen molar-refractivity contribution in [1.29, 1.82) is 0 Å². The minimum absolute atomic E-state index is 0.583. The third kappa shape index (κ3) is 2.69. The van der Waals surface area contributed by atoms with Gasteiger partial charge in [-0.25, -0.2) is 9.97 Å². The van der Waals surface area contributed by atoms with Gasteiger partial charge in [0.25, 0.3) is 0 Å². The summed E-state index contributed by atoms with van der Waals surface area (Å²) in [6.07, 6.45) is 7.04. The Morgan fingerprint density at radius 1 is 1.33 bits per heavy atom. The Morgan fingerprint density at radius 3 is 3.14 bits per heavy atom. The number of nitrogens with zero attached hydrogens (tertiary/aromatic N) is 3. The fourth-order valence-electron chi connectivity index (χ4n) is 3.54. The molecule has 4 rings (SSSR count). The predicted molar refractivity (Wildman–Crippen MR) is 87.9 cm³/mol. The fourth-order valence-corrected chi connectivity index (χ4v) is 4.68. The van der Waals surface area contributed by atoms with Crippen molar-refractivity contribution in [2.45, 2.75) is 44.2 Å². The van der Waals surface area contributed by atoms with Crippen LogP contribution in [0.3, 0.4) is 0 Å². The normalized spacial score (nSPS) is 26.5. The Labute approximate surface area is 129 Å². The predicted octanol–water partition coefficient (Wildman–Crippen LogP) is 2.79. The Kier molecular flexibility index (Phi) is 3.86. The van der Waals surface area contributed by atoms with E-state index in [0.717, 1.165) is 24.3 Å². The highest BCUT2D eigenvalue weighted by molar-refractivity contribution is 7.99.